The Balaban J connectivity index is 1.95. The van der Waals surface area contributed by atoms with Crippen LogP contribution >= 0.6 is 0 Å². The second-order valence-electron chi connectivity index (χ2n) is 9.62. The maximum absolute atomic E-state index is 9.59. The number of rotatable bonds is 9. The van der Waals surface area contributed by atoms with Crippen molar-refractivity contribution in [1.82, 2.24) is 15.0 Å². The number of ether oxygens (including phenoxy) is 2. The van der Waals surface area contributed by atoms with E-state index >= 15 is 0 Å². The summed E-state index contributed by atoms with van der Waals surface area (Å²) in [6.45, 7) is 8.74. The van der Waals surface area contributed by atoms with E-state index < -0.39 is 0 Å². The molecular weight excluding hydrogens is 426 g/mol. The average molecular weight is 464 g/mol. The fraction of sp³-hybridized carbons (Fsp3) is 0.536. The van der Waals surface area contributed by atoms with Gasteiger partial charge in [-0.3, -0.25) is 0 Å². The van der Waals surface area contributed by atoms with E-state index in [2.05, 4.69) is 49.0 Å². The zero-order valence-electron chi connectivity index (χ0n) is 21.1. The minimum Gasteiger partial charge on any atom is -0.474 e. The normalized spacial score (nSPS) is 20.8. The third kappa shape index (κ3) is 4.61. The summed E-state index contributed by atoms with van der Waals surface area (Å²) in [6, 6.07) is 2.38. The molecule has 0 aliphatic heterocycles. The van der Waals surface area contributed by atoms with Crippen LogP contribution in [0.5, 0.6) is 11.9 Å². The Labute approximate surface area is 202 Å². The molecule has 0 bridgehead atoms. The molecule has 34 heavy (non-hydrogen) atoms. The van der Waals surface area contributed by atoms with E-state index in [1.807, 2.05) is 13.0 Å². The van der Waals surface area contributed by atoms with E-state index in [1.165, 1.54) is 11.1 Å². The second-order valence-corrected chi connectivity index (χ2v) is 9.62. The predicted octanol–water partition coefficient (Wildman–Crippen LogP) is 6.12. The van der Waals surface area contributed by atoms with Crippen molar-refractivity contribution in [1.29, 1.82) is 0 Å². The lowest BCUT2D eigenvalue weighted by Gasteiger charge is -2.40. The molecule has 2 aromatic heterocycles. The molecule has 0 radical (unpaired) electrons. The number of aliphatic hydroxyl groups is 1. The van der Waals surface area contributed by atoms with Gasteiger partial charge in [0.25, 0.3) is 0 Å². The monoisotopic (exact) mass is 463 g/mol. The molecule has 0 aromatic carbocycles. The number of nitrogens with zero attached hydrogens (tertiary/aromatic N) is 3. The van der Waals surface area contributed by atoms with Crippen molar-refractivity contribution in [2.24, 2.45) is 5.41 Å². The molecule has 2 aliphatic rings. The summed E-state index contributed by atoms with van der Waals surface area (Å²) in [5.74, 6) is 0.533. The number of aromatic nitrogens is 3. The van der Waals surface area contributed by atoms with Crippen molar-refractivity contribution in [3.05, 3.63) is 46.8 Å². The van der Waals surface area contributed by atoms with Gasteiger partial charge >= 0.3 is 6.01 Å². The van der Waals surface area contributed by atoms with Crippen LogP contribution in [0.25, 0.3) is 16.5 Å². The Morgan fingerprint density at radius 2 is 2.00 bits per heavy atom. The lowest BCUT2D eigenvalue weighted by atomic mass is 9.65. The van der Waals surface area contributed by atoms with E-state index in [0.29, 0.717) is 18.3 Å². The van der Waals surface area contributed by atoms with Gasteiger partial charge in [-0.05, 0) is 61.7 Å². The van der Waals surface area contributed by atoms with Gasteiger partial charge in [0.2, 0.25) is 5.88 Å². The smallest absolute Gasteiger partial charge is 0.316 e. The molecule has 2 heterocycles. The molecular formula is C28H37N3O3. The van der Waals surface area contributed by atoms with E-state index in [1.54, 1.807) is 7.11 Å². The molecule has 6 nitrogen and oxygen atoms in total. The highest BCUT2D eigenvalue weighted by molar-refractivity contribution is 5.91. The van der Waals surface area contributed by atoms with Crippen molar-refractivity contribution in [3.8, 4) is 11.9 Å². The van der Waals surface area contributed by atoms with Crippen LogP contribution in [-0.4, -0.2) is 39.9 Å². The van der Waals surface area contributed by atoms with Gasteiger partial charge < -0.3 is 14.6 Å². The average Bonchev–Trinajstić information content (AvgIpc) is 2.82. The van der Waals surface area contributed by atoms with Crippen LogP contribution in [0, 0.1) is 12.3 Å². The maximum Gasteiger partial charge on any atom is 0.316 e. The van der Waals surface area contributed by atoms with Crippen LogP contribution in [0.1, 0.15) is 77.1 Å². The van der Waals surface area contributed by atoms with Crippen LogP contribution in [0.4, 0.5) is 0 Å². The highest BCUT2D eigenvalue weighted by atomic mass is 16.5. The number of allylic oxidation sites excluding steroid dienone is 6. The molecule has 2 atom stereocenters. The summed E-state index contributed by atoms with van der Waals surface area (Å²) >= 11 is 0. The zero-order valence-corrected chi connectivity index (χ0v) is 21.1. The minimum atomic E-state index is -0.118. The third-order valence-electron chi connectivity index (χ3n) is 7.12. The summed E-state index contributed by atoms with van der Waals surface area (Å²) in [6.07, 6.45) is 13.4. The first kappa shape index (κ1) is 24.4. The molecule has 2 unspecified atom stereocenters. The second kappa shape index (κ2) is 10.3. The number of aliphatic hydroxyl groups excluding tert-OH is 1. The lowest BCUT2D eigenvalue weighted by molar-refractivity contribution is 0.142. The molecule has 0 spiro atoms. The summed E-state index contributed by atoms with van der Waals surface area (Å²) in [5.41, 5.74) is 6.47. The van der Waals surface area contributed by atoms with E-state index in [9.17, 15) is 5.11 Å². The maximum atomic E-state index is 9.59. The van der Waals surface area contributed by atoms with E-state index in [0.717, 1.165) is 66.4 Å². The van der Waals surface area contributed by atoms with Gasteiger partial charge in [0, 0.05) is 18.6 Å². The first-order valence-corrected chi connectivity index (χ1v) is 12.6. The molecule has 4 rings (SSSR count). The lowest BCUT2D eigenvalue weighted by Crippen LogP contribution is -2.26. The highest BCUT2D eigenvalue weighted by Crippen LogP contribution is 2.50. The number of hydrogen-bond acceptors (Lipinski definition) is 6. The summed E-state index contributed by atoms with van der Waals surface area (Å²) in [7, 11) is 1.58. The van der Waals surface area contributed by atoms with Gasteiger partial charge in [0.05, 0.1) is 29.4 Å². The Morgan fingerprint density at radius 3 is 2.71 bits per heavy atom. The van der Waals surface area contributed by atoms with Crippen molar-refractivity contribution in [2.75, 3.05) is 13.7 Å². The van der Waals surface area contributed by atoms with Crippen LogP contribution in [-0.2, 0) is 0 Å². The minimum absolute atomic E-state index is 0.0760. The standard InChI is InChI=1S/C28H37N3O3/c1-6-10-20(13-16-32)34-26-24-18(3)29-27(33-5)31-23(24)17-22(30-26)21-12-9-15-28(4)14-8-11-19(7-2)25(21)28/h9,11-12,17,20,32H,6-8,10,13-16H2,1-5H3. The van der Waals surface area contributed by atoms with Crippen LogP contribution < -0.4 is 9.47 Å². The highest BCUT2D eigenvalue weighted by Gasteiger charge is 2.36. The zero-order chi connectivity index (χ0) is 24.3. The number of hydrogen-bond donors (Lipinski definition) is 1. The summed E-state index contributed by atoms with van der Waals surface area (Å²) < 4.78 is 11.8. The van der Waals surface area contributed by atoms with Gasteiger partial charge in [-0.25, -0.2) is 4.98 Å². The van der Waals surface area contributed by atoms with Crippen LogP contribution in [0.3, 0.4) is 0 Å². The molecule has 182 valence electrons. The SMILES string of the molecule is CCCC(CCO)Oc1nc(C2=C3C(CC)=CCCC3(C)CC=C2)cc2nc(OC)nc(C)c12. The molecule has 6 heteroatoms. The Bertz CT molecular complexity index is 1150. The van der Waals surface area contributed by atoms with Gasteiger partial charge in [0.1, 0.15) is 6.10 Å². The van der Waals surface area contributed by atoms with Crippen LogP contribution in [0.15, 0.2) is 35.4 Å². The first-order valence-electron chi connectivity index (χ1n) is 12.6. The van der Waals surface area contributed by atoms with Gasteiger partial charge in [-0.2, -0.15) is 9.97 Å². The quantitative estimate of drug-likeness (QED) is 0.483. The number of aryl methyl sites for hydroxylation is 1. The van der Waals surface area contributed by atoms with E-state index in [-0.39, 0.29) is 18.1 Å². The largest absolute Gasteiger partial charge is 0.474 e. The van der Waals surface area contributed by atoms with Crippen molar-refractivity contribution >= 4 is 16.5 Å². The molecule has 1 N–H and O–H groups in total. The van der Waals surface area contributed by atoms with Crippen molar-refractivity contribution < 1.29 is 14.6 Å². The number of pyridine rings is 1. The Morgan fingerprint density at radius 1 is 1.18 bits per heavy atom. The van der Waals surface area contributed by atoms with Gasteiger partial charge in [-0.1, -0.05) is 45.4 Å². The molecule has 0 saturated heterocycles. The number of fused-ring (bicyclic) bond motifs is 2. The van der Waals surface area contributed by atoms with Crippen LogP contribution in [0.2, 0.25) is 0 Å². The van der Waals surface area contributed by atoms with Gasteiger partial charge in [0.15, 0.2) is 0 Å². The van der Waals surface area contributed by atoms with E-state index in [4.69, 9.17) is 14.5 Å². The Kier molecular flexibility index (Phi) is 7.36. The Hall–Kier alpha value is -2.73. The molecule has 2 aromatic rings. The molecule has 0 amide bonds. The fourth-order valence-corrected chi connectivity index (χ4v) is 5.40. The molecule has 2 aliphatic carbocycles. The first-order chi connectivity index (χ1) is 16.4. The topological polar surface area (TPSA) is 77.4 Å². The van der Waals surface area contributed by atoms with Crippen molar-refractivity contribution in [3.63, 3.8) is 0 Å². The summed E-state index contributed by atoms with van der Waals surface area (Å²) in [5, 5.41) is 10.4. The number of methoxy groups -OCH3 is 1. The third-order valence-corrected chi connectivity index (χ3v) is 7.12. The van der Waals surface area contributed by atoms with Gasteiger partial charge in [-0.15, -0.1) is 0 Å². The molecule has 0 saturated carbocycles. The predicted molar refractivity (Wildman–Crippen MR) is 136 cm³/mol. The summed E-state index contributed by atoms with van der Waals surface area (Å²) in [4.78, 5) is 14.2. The fourth-order valence-electron chi connectivity index (χ4n) is 5.40. The molecule has 0 fully saturated rings. The van der Waals surface area contributed by atoms with Crippen molar-refractivity contribution in [2.45, 2.75) is 78.7 Å².